The molecule has 4 rings (SSSR count). The second-order valence-electron chi connectivity index (χ2n) is 5.89. The molecule has 2 N–H and O–H groups in total. The summed E-state index contributed by atoms with van der Waals surface area (Å²) in [6, 6.07) is 9.69. The quantitative estimate of drug-likeness (QED) is 0.523. The highest BCUT2D eigenvalue weighted by molar-refractivity contribution is 5.98. The molecule has 2 aromatic heterocycles. The van der Waals surface area contributed by atoms with Gasteiger partial charge in [0.1, 0.15) is 11.5 Å². The van der Waals surface area contributed by atoms with E-state index in [1.165, 1.54) is 5.48 Å². The number of carbonyl (C=O) groups is 2. The van der Waals surface area contributed by atoms with Crippen molar-refractivity contribution in [3.63, 3.8) is 0 Å². The van der Waals surface area contributed by atoms with E-state index in [1.807, 2.05) is 41.9 Å². The van der Waals surface area contributed by atoms with Gasteiger partial charge in [0, 0.05) is 24.5 Å². The van der Waals surface area contributed by atoms with Crippen molar-refractivity contribution in [2.75, 3.05) is 6.54 Å². The molecular formula is C16H16N6O3. The van der Waals surface area contributed by atoms with Crippen LogP contribution in [0.4, 0.5) is 0 Å². The van der Waals surface area contributed by atoms with Crippen molar-refractivity contribution in [2.24, 2.45) is 7.05 Å². The molecule has 1 aliphatic rings. The molecule has 0 aliphatic carbocycles. The summed E-state index contributed by atoms with van der Waals surface area (Å²) in [6.07, 6.45) is 0. The highest BCUT2D eigenvalue weighted by atomic mass is 16.5. The van der Waals surface area contributed by atoms with Crippen LogP contribution in [0.2, 0.25) is 0 Å². The number of para-hydroxylation sites is 1. The summed E-state index contributed by atoms with van der Waals surface area (Å²) in [5.41, 5.74) is 3.10. The third-order valence-electron chi connectivity index (χ3n) is 4.42. The number of hydrogen-bond donors (Lipinski definition) is 2. The lowest BCUT2D eigenvalue weighted by Gasteiger charge is -2.26. The first-order valence-corrected chi connectivity index (χ1v) is 7.80. The van der Waals surface area contributed by atoms with Gasteiger partial charge in [0.2, 0.25) is 5.82 Å². The van der Waals surface area contributed by atoms with Gasteiger partial charge in [-0.3, -0.25) is 14.8 Å². The van der Waals surface area contributed by atoms with Crippen LogP contribution in [0.25, 0.3) is 10.9 Å². The molecule has 0 atom stereocenters. The van der Waals surface area contributed by atoms with Gasteiger partial charge in [0.15, 0.2) is 0 Å². The average Bonchev–Trinajstić information content (AvgIpc) is 3.21. The second kappa shape index (κ2) is 5.71. The minimum Gasteiger partial charge on any atom is -0.340 e. The lowest BCUT2D eigenvalue weighted by atomic mass is 10.2. The summed E-state index contributed by atoms with van der Waals surface area (Å²) in [5.74, 6) is -0.470. The van der Waals surface area contributed by atoms with Gasteiger partial charge in [-0.05, 0) is 12.1 Å². The topological polar surface area (TPSA) is 105 Å². The number of rotatable bonds is 2. The summed E-state index contributed by atoms with van der Waals surface area (Å²) >= 11 is 0. The van der Waals surface area contributed by atoms with Gasteiger partial charge in [-0.1, -0.05) is 18.2 Å². The number of hydroxylamine groups is 1. The van der Waals surface area contributed by atoms with Gasteiger partial charge < -0.3 is 9.47 Å². The van der Waals surface area contributed by atoms with Crippen molar-refractivity contribution in [3.8, 4) is 0 Å². The molecule has 9 nitrogen and oxygen atoms in total. The normalized spacial score (nSPS) is 13.8. The first kappa shape index (κ1) is 15.3. The van der Waals surface area contributed by atoms with Crippen molar-refractivity contribution in [3.05, 3.63) is 47.7 Å². The van der Waals surface area contributed by atoms with Gasteiger partial charge in [0.25, 0.3) is 5.91 Å². The predicted molar refractivity (Wildman–Crippen MR) is 86.9 cm³/mol. The SMILES string of the molecule is Cn1c(C(=O)N2CCn3nc(C(=O)NO)nc3C2)cc2ccccc21. The Morgan fingerprint density at radius 2 is 2.04 bits per heavy atom. The van der Waals surface area contributed by atoms with Crippen molar-refractivity contribution in [1.29, 1.82) is 0 Å². The van der Waals surface area contributed by atoms with Gasteiger partial charge in [-0.2, -0.15) is 0 Å². The number of nitrogens with one attached hydrogen (secondary N) is 1. The van der Waals surface area contributed by atoms with E-state index in [1.54, 1.807) is 9.58 Å². The third-order valence-corrected chi connectivity index (χ3v) is 4.42. The van der Waals surface area contributed by atoms with Crippen LogP contribution in [0.3, 0.4) is 0 Å². The molecule has 0 spiro atoms. The van der Waals surface area contributed by atoms with Crippen LogP contribution in [0.5, 0.6) is 0 Å². The second-order valence-corrected chi connectivity index (χ2v) is 5.89. The summed E-state index contributed by atoms with van der Waals surface area (Å²) in [6.45, 7) is 1.17. The number of nitrogens with zero attached hydrogens (tertiary/aromatic N) is 5. The Morgan fingerprint density at radius 3 is 2.80 bits per heavy atom. The van der Waals surface area contributed by atoms with E-state index in [2.05, 4.69) is 10.1 Å². The standard InChI is InChI=1S/C16H16N6O3/c1-20-11-5-3-2-4-10(11)8-12(20)16(24)21-6-7-22-13(9-21)17-14(18-22)15(23)19-25/h2-5,8,25H,6-7,9H2,1H3,(H,19,23). The molecular weight excluding hydrogens is 324 g/mol. The monoisotopic (exact) mass is 340 g/mol. The molecule has 9 heteroatoms. The number of amides is 2. The number of hydrogen-bond acceptors (Lipinski definition) is 5. The predicted octanol–water partition coefficient (Wildman–Crippen LogP) is 0.545. The number of aromatic nitrogens is 4. The fourth-order valence-corrected chi connectivity index (χ4v) is 3.11. The van der Waals surface area contributed by atoms with Crippen molar-refractivity contribution in [2.45, 2.75) is 13.1 Å². The van der Waals surface area contributed by atoms with E-state index in [0.29, 0.717) is 24.6 Å². The molecule has 25 heavy (non-hydrogen) atoms. The summed E-state index contributed by atoms with van der Waals surface area (Å²) < 4.78 is 3.46. The molecule has 0 fully saturated rings. The largest absolute Gasteiger partial charge is 0.340 e. The fourth-order valence-electron chi connectivity index (χ4n) is 3.11. The Labute approximate surface area is 142 Å². The van der Waals surface area contributed by atoms with Gasteiger partial charge in [0.05, 0.1) is 13.1 Å². The lowest BCUT2D eigenvalue weighted by molar-refractivity contribution is 0.0686. The third kappa shape index (κ3) is 2.45. The highest BCUT2D eigenvalue weighted by Crippen LogP contribution is 2.21. The Kier molecular flexibility index (Phi) is 3.50. The Bertz CT molecular complexity index is 989. The van der Waals surface area contributed by atoms with Crippen LogP contribution in [-0.2, 0) is 20.1 Å². The van der Waals surface area contributed by atoms with Crippen LogP contribution in [0.1, 0.15) is 26.9 Å². The molecule has 0 radical (unpaired) electrons. The van der Waals surface area contributed by atoms with E-state index >= 15 is 0 Å². The summed E-state index contributed by atoms with van der Waals surface area (Å²) in [4.78, 5) is 30.1. The van der Waals surface area contributed by atoms with Crippen molar-refractivity contribution >= 4 is 22.7 Å². The molecule has 128 valence electrons. The number of aryl methyl sites for hydroxylation is 1. The van der Waals surface area contributed by atoms with E-state index in [-0.39, 0.29) is 18.3 Å². The molecule has 1 aromatic carbocycles. The van der Waals surface area contributed by atoms with Crippen LogP contribution in [-0.4, -0.2) is 47.8 Å². The fraction of sp³-hybridized carbons (Fsp3) is 0.250. The molecule has 2 amide bonds. The van der Waals surface area contributed by atoms with E-state index in [4.69, 9.17) is 5.21 Å². The average molecular weight is 340 g/mol. The van der Waals surface area contributed by atoms with Gasteiger partial charge in [-0.25, -0.2) is 15.1 Å². The number of carbonyl (C=O) groups excluding carboxylic acids is 2. The molecule has 0 unspecified atom stereocenters. The molecule has 3 aromatic rings. The van der Waals surface area contributed by atoms with Gasteiger partial charge >= 0.3 is 5.91 Å². The van der Waals surface area contributed by atoms with Crippen molar-refractivity contribution in [1.82, 2.24) is 29.7 Å². The van der Waals surface area contributed by atoms with E-state index < -0.39 is 5.91 Å². The maximum atomic E-state index is 12.9. The number of benzene rings is 1. The zero-order chi connectivity index (χ0) is 17.6. The maximum Gasteiger partial charge on any atom is 0.314 e. The minimum atomic E-state index is -0.770. The molecule has 3 heterocycles. The van der Waals surface area contributed by atoms with Crippen LogP contribution >= 0.6 is 0 Å². The van der Waals surface area contributed by atoms with Crippen molar-refractivity contribution < 1.29 is 14.8 Å². The smallest absolute Gasteiger partial charge is 0.314 e. The van der Waals surface area contributed by atoms with Crippen LogP contribution < -0.4 is 5.48 Å². The first-order valence-electron chi connectivity index (χ1n) is 7.80. The Hall–Kier alpha value is -3.20. The lowest BCUT2D eigenvalue weighted by Crippen LogP contribution is -2.39. The van der Waals surface area contributed by atoms with E-state index in [0.717, 1.165) is 10.9 Å². The summed E-state index contributed by atoms with van der Waals surface area (Å²) in [5, 5.41) is 13.7. The zero-order valence-corrected chi connectivity index (χ0v) is 13.5. The van der Waals surface area contributed by atoms with E-state index in [9.17, 15) is 9.59 Å². The summed E-state index contributed by atoms with van der Waals surface area (Å²) in [7, 11) is 1.87. The molecule has 0 saturated heterocycles. The first-order chi connectivity index (χ1) is 12.1. The Balaban J connectivity index is 1.62. The molecule has 0 saturated carbocycles. The maximum absolute atomic E-state index is 12.9. The molecule has 0 bridgehead atoms. The minimum absolute atomic E-state index is 0.0962. The van der Waals surface area contributed by atoms with Crippen LogP contribution in [0.15, 0.2) is 30.3 Å². The highest BCUT2D eigenvalue weighted by Gasteiger charge is 2.27. The number of fused-ring (bicyclic) bond motifs is 2. The Morgan fingerprint density at radius 1 is 1.24 bits per heavy atom. The van der Waals surface area contributed by atoms with Gasteiger partial charge in [-0.15, -0.1) is 5.10 Å². The zero-order valence-electron chi connectivity index (χ0n) is 13.5. The van der Waals surface area contributed by atoms with Crippen LogP contribution in [0, 0.1) is 0 Å². The molecule has 1 aliphatic heterocycles.